The average Bonchev–Trinajstić information content (AvgIpc) is 2.18. The maximum Gasteiger partial charge on any atom is 0.264 e. The molecule has 0 saturated heterocycles. The maximum absolute atomic E-state index is 11.1. The number of rotatable bonds is 5. The average molecular weight is 311 g/mol. The van der Waals surface area contributed by atoms with Gasteiger partial charge in [-0.25, -0.2) is 0 Å². The molecule has 1 aromatic carbocycles. The highest BCUT2D eigenvalue weighted by Gasteiger charge is 2.21. The summed E-state index contributed by atoms with van der Waals surface area (Å²) in [6.07, 6.45) is 1.04. The van der Waals surface area contributed by atoms with Gasteiger partial charge in [0.05, 0.1) is 12.9 Å². The zero-order chi connectivity index (χ0) is 13.9. The molecule has 1 rings (SSSR count). The van der Waals surface area contributed by atoms with E-state index in [1.54, 1.807) is 18.2 Å². The molecule has 0 heterocycles. The molecule has 0 N–H and O–H groups in total. The summed E-state index contributed by atoms with van der Waals surface area (Å²) in [5, 5.41) is 1.08. The summed E-state index contributed by atoms with van der Waals surface area (Å²) in [7, 11) is -3.45. The zero-order valence-electron chi connectivity index (χ0n) is 10.5. The molecule has 0 fully saturated rings. The fourth-order valence-electron chi connectivity index (χ4n) is 1.64. The molecule has 6 heteroatoms. The Balaban J connectivity index is 2.98. The van der Waals surface area contributed by atoms with Gasteiger partial charge in [-0.3, -0.25) is 4.18 Å². The van der Waals surface area contributed by atoms with Crippen LogP contribution in [0.2, 0.25) is 10.0 Å². The smallest absolute Gasteiger partial charge is 0.264 e. The van der Waals surface area contributed by atoms with E-state index >= 15 is 0 Å². The molecule has 0 aromatic heterocycles. The summed E-state index contributed by atoms with van der Waals surface area (Å²) in [6, 6.07) is 5.19. The maximum atomic E-state index is 11.1. The Morgan fingerprint density at radius 3 is 2.33 bits per heavy atom. The van der Waals surface area contributed by atoms with E-state index in [1.165, 1.54) is 0 Å². The first-order valence-corrected chi connectivity index (χ1v) is 8.07. The molecule has 0 radical (unpaired) electrons. The lowest BCUT2D eigenvalue weighted by Gasteiger charge is -2.21. The van der Waals surface area contributed by atoms with Crippen molar-refractivity contribution in [2.45, 2.75) is 19.8 Å². The molecular weight excluding hydrogens is 295 g/mol. The molecule has 0 amide bonds. The van der Waals surface area contributed by atoms with Crippen LogP contribution < -0.4 is 0 Å². The largest absolute Gasteiger partial charge is 0.270 e. The van der Waals surface area contributed by atoms with Crippen molar-refractivity contribution >= 4 is 33.3 Å². The number of benzene rings is 1. The van der Waals surface area contributed by atoms with Gasteiger partial charge in [-0.2, -0.15) is 8.42 Å². The number of hydrogen-bond acceptors (Lipinski definition) is 3. The van der Waals surface area contributed by atoms with Gasteiger partial charge >= 0.3 is 0 Å². The second-order valence-electron chi connectivity index (χ2n) is 4.50. The van der Waals surface area contributed by atoms with Crippen LogP contribution in [0.15, 0.2) is 18.2 Å². The molecular formula is C12H16Cl2O3S. The van der Waals surface area contributed by atoms with Crippen LogP contribution >= 0.6 is 23.2 Å². The molecule has 1 atom stereocenters. The highest BCUT2D eigenvalue weighted by atomic mass is 35.5. The summed E-state index contributed by atoms with van der Waals surface area (Å²) in [5.41, 5.74) is 0.847. The minimum absolute atomic E-state index is 0.0812. The molecule has 102 valence electrons. The van der Waals surface area contributed by atoms with Crippen LogP contribution in [0.3, 0.4) is 0 Å². The predicted octanol–water partition coefficient (Wildman–Crippen LogP) is 3.71. The molecule has 0 aliphatic heterocycles. The Morgan fingerprint density at radius 1 is 1.28 bits per heavy atom. The van der Waals surface area contributed by atoms with Crippen LogP contribution in [-0.2, 0) is 14.3 Å². The van der Waals surface area contributed by atoms with Crippen LogP contribution in [-0.4, -0.2) is 21.3 Å². The van der Waals surface area contributed by atoms with Crippen molar-refractivity contribution in [3.05, 3.63) is 33.8 Å². The van der Waals surface area contributed by atoms with Gasteiger partial charge in [0, 0.05) is 16.0 Å². The van der Waals surface area contributed by atoms with E-state index in [-0.39, 0.29) is 18.4 Å². The Morgan fingerprint density at radius 2 is 1.89 bits per heavy atom. The first kappa shape index (κ1) is 15.8. The standard InChI is InChI=1S/C12H16Cl2O3S/c1-8(2)11(7-17-18(3,15)16)10-5-4-9(13)6-12(10)14/h4-6,8,11H,7H2,1-3H3. The molecule has 0 spiro atoms. The molecule has 0 bridgehead atoms. The Bertz CT molecular complexity index is 512. The van der Waals surface area contributed by atoms with Gasteiger partial charge in [0.25, 0.3) is 10.1 Å². The monoisotopic (exact) mass is 310 g/mol. The quantitative estimate of drug-likeness (QED) is 0.779. The molecule has 18 heavy (non-hydrogen) atoms. The molecule has 0 aliphatic rings. The lowest BCUT2D eigenvalue weighted by atomic mass is 9.89. The molecule has 0 aliphatic carbocycles. The first-order chi connectivity index (χ1) is 8.20. The Kier molecular flexibility index (Phi) is 5.46. The van der Waals surface area contributed by atoms with E-state index in [9.17, 15) is 8.42 Å². The summed E-state index contributed by atoms with van der Waals surface area (Å²) < 4.78 is 27.0. The van der Waals surface area contributed by atoms with Crippen molar-refractivity contribution in [2.75, 3.05) is 12.9 Å². The van der Waals surface area contributed by atoms with E-state index in [1.807, 2.05) is 13.8 Å². The lowest BCUT2D eigenvalue weighted by Crippen LogP contribution is -2.17. The van der Waals surface area contributed by atoms with Crippen molar-refractivity contribution < 1.29 is 12.6 Å². The van der Waals surface area contributed by atoms with Crippen molar-refractivity contribution in [1.82, 2.24) is 0 Å². The van der Waals surface area contributed by atoms with Crippen LogP contribution in [0.4, 0.5) is 0 Å². The highest BCUT2D eigenvalue weighted by molar-refractivity contribution is 7.85. The van der Waals surface area contributed by atoms with Crippen molar-refractivity contribution in [1.29, 1.82) is 0 Å². The SMILES string of the molecule is CC(C)C(COS(C)(=O)=O)c1ccc(Cl)cc1Cl. The third kappa shape index (κ3) is 4.76. The number of hydrogen-bond donors (Lipinski definition) is 0. The summed E-state index contributed by atoms with van der Waals surface area (Å²) in [6.45, 7) is 4.06. The Hall–Kier alpha value is -0.290. The highest BCUT2D eigenvalue weighted by Crippen LogP contribution is 2.32. The van der Waals surface area contributed by atoms with Crippen LogP contribution in [0.25, 0.3) is 0 Å². The third-order valence-electron chi connectivity index (χ3n) is 2.63. The second-order valence-corrected chi connectivity index (χ2v) is 6.99. The summed E-state index contributed by atoms with van der Waals surface area (Å²) >= 11 is 12.0. The van der Waals surface area contributed by atoms with Gasteiger partial charge in [-0.15, -0.1) is 0 Å². The van der Waals surface area contributed by atoms with Gasteiger partial charge < -0.3 is 0 Å². The van der Waals surface area contributed by atoms with Gasteiger partial charge in [0.1, 0.15) is 0 Å². The zero-order valence-corrected chi connectivity index (χ0v) is 12.8. The van der Waals surface area contributed by atoms with E-state index in [0.29, 0.717) is 10.0 Å². The lowest BCUT2D eigenvalue weighted by molar-refractivity contribution is 0.265. The first-order valence-electron chi connectivity index (χ1n) is 5.50. The fourth-order valence-corrected chi connectivity index (χ4v) is 2.58. The van der Waals surface area contributed by atoms with E-state index < -0.39 is 10.1 Å². The molecule has 1 aromatic rings. The minimum Gasteiger partial charge on any atom is -0.270 e. The third-order valence-corrected chi connectivity index (χ3v) is 3.76. The minimum atomic E-state index is -3.45. The Labute approximate surface area is 118 Å². The topological polar surface area (TPSA) is 43.4 Å². The van der Waals surface area contributed by atoms with Gasteiger partial charge in [-0.05, 0) is 23.6 Å². The van der Waals surface area contributed by atoms with Crippen molar-refractivity contribution in [2.24, 2.45) is 5.92 Å². The van der Waals surface area contributed by atoms with Crippen LogP contribution in [0.1, 0.15) is 25.3 Å². The van der Waals surface area contributed by atoms with Crippen LogP contribution in [0, 0.1) is 5.92 Å². The molecule has 1 unspecified atom stereocenters. The van der Waals surface area contributed by atoms with Gasteiger partial charge in [0.2, 0.25) is 0 Å². The molecule has 0 saturated carbocycles. The van der Waals surface area contributed by atoms with Crippen molar-refractivity contribution in [3.63, 3.8) is 0 Å². The van der Waals surface area contributed by atoms with E-state index in [0.717, 1.165) is 11.8 Å². The van der Waals surface area contributed by atoms with Gasteiger partial charge in [-0.1, -0.05) is 43.1 Å². The van der Waals surface area contributed by atoms with E-state index in [4.69, 9.17) is 27.4 Å². The fraction of sp³-hybridized carbons (Fsp3) is 0.500. The van der Waals surface area contributed by atoms with Crippen LogP contribution in [0.5, 0.6) is 0 Å². The van der Waals surface area contributed by atoms with Crippen molar-refractivity contribution in [3.8, 4) is 0 Å². The number of halogens is 2. The summed E-state index contributed by atoms with van der Waals surface area (Å²) in [5.74, 6) is 0.106. The van der Waals surface area contributed by atoms with Gasteiger partial charge in [0.15, 0.2) is 0 Å². The van der Waals surface area contributed by atoms with E-state index in [2.05, 4.69) is 0 Å². The predicted molar refractivity (Wildman–Crippen MR) is 74.8 cm³/mol. The molecule has 3 nitrogen and oxygen atoms in total. The summed E-state index contributed by atoms with van der Waals surface area (Å²) in [4.78, 5) is 0. The normalized spacial score (nSPS) is 13.9. The second kappa shape index (κ2) is 6.24.